The summed E-state index contributed by atoms with van der Waals surface area (Å²) in [5.41, 5.74) is 2.17. The van der Waals surface area contributed by atoms with Crippen LogP contribution in [-0.2, 0) is 11.3 Å². The highest BCUT2D eigenvalue weighted by molar-refractivity contribution is 5.79. The third-order valence-corrected chi connectivity index (χ3v) is 4.16. The maximum atomic E-state index is 12.5. The number of carbonyl (C=O) groups is 1. The first-order chi connectivity index (χ1) is 12.5. The van der Waals surface area contributed by atoms with E-state index in [1.54, 1.807) is 18.0 Å². The summed E-state index contributed by atoms with van der Waals surface area (Å²) in [4.78, 5) is 30.3. The first-order valence-corrected chi connectivity index (χ1v) is 8.42. The van der Waals surface area contributed by atoms with Crippen LogP contribution in [0, 0.1) is 6.92 Å². The van der Waals surface area contributed by atoms with E-state index in [0.717, 1.165) is 11.3 Å². The Balaban J connectivity index is 1.63. The second-order valence-corrected chi connectivity index (χ2v) is 6.15. The van der Waals surface area contributed by atoms with Crippen molar-refractivity contribution in [1.82, 2.24) is 14.5 Å². The average molecular weight is 351 g/mol. The minimum Gasteiger partial charge on any atom is -0.492 e. The van der Waals surface area contributed by atoms with Crippen molar-refractivity contribution in [2.75, 3.05) is 20.2 Å². The second kappa shape index (κ2) is 7.82. The lowest BCUT2D eigenvalue weighted by Gasteiger charge is -2.19. The normalized spacial score (nSPS) is 10.7. The van der Waals surface area contributed by atoms with E-state index in [1.807, 2.05) is 49.4 Å². The van der Waals surface area contributed by atoms with E-state index < -0.39 is 0 Å². The van der Waals surface area contributed by atoms with Crippen LogP contribution in [0.1, 0.15) is 5.56 Å². The number of ether oxygens (including phenoxy) is 1. The SMILES string of the molecule is Cc1cccc(OCCN(C)C(=O)Cn2c(=O)cnc3ccccc32)c1. The number of fused-ring (bicyclic) bond motifs is 1. The molecule has 134 valence electrons. The van der Waals surface area contributed by atoms with E-state index in [0.29, 0.717) is 24.2 Å². The molecule has 0 spiro atoms. The third-order valence-electron chi connectivity index (χ3n) is 4.16. The Hall–Kier alpha value is -3.15. The zero-order valence-corrected chi connectivity index (χ0v) is 14.9. The first kappa shape index (κ1) is 17.7. The van der Waals surface area contributed by atoms with Crippen molar-refractivity contribution in [3.63, 3.8) is 0 Å². The van der Waals surface area contributed by atoms with Gasteiger partial charge in [-0.2, -0.15) is 0 Å². The maximum Gasteiger partial charge on any atom is 0.269 e. The zero-order chi connectivity index (χ0) is 18.5. The molecule has 3 rings (SSSR count). The fraction of sp³-hybridized carbons (Fsp3) is 0.250. The fourth-order valence-electron chi connectivity index (χ4n) is 2.66. The molecule has 0 saturated carbocycles. The monoisotopic (exact) mass is 351 g/mol. The summed E-state index contributed by atoms with van der Waals surface area (Å²) in [6.45, 7) is 2.80. The highest BCUT2D eigenvalue weighted by atomic mass is 16.5. The van der Waals surface area contributed by atoms with Gasteiger partial charge in [-0.25, -0.2) is 4.98 Å². The zero-order valence-electron chi connectivity index (χ0n) is 14.9. The minimum absolute atomic E-state index is 0.0250. The maximum absolute atomic E-state index is 12.5. The van der Waals surface area contributed by atoms with Gasteiger partial charge in [-0.3, -0.25) is 14.2 Å². The molecular weight excluding hydrogens is 330 g/mol. The number of hydrogen-bond donors (Lipinski definition) is 0. The quantitative estimate of drug-likeness (QED) is 0.683. The summed E-state index contributed by atoms with van der Waals surface area (Å²) in [5, 5.41) is 0. The standard InChI is InChI=1S/C20H21N3O3/c1-15-6-5-7-16(12-15)26-11-10-22(2)20(25)14-23-18-9-4-3-8-17(18)21-13-19(23)24/h3-9,12-13H,10-11,14H2,1-2H3. The molecule has 0 aliphatic heterocycles. The summed E-state index contributed by atoms with van der Waals surface area (Å²) in [5.74, 6) is 0.624. The summed E-state index contributed by atoms with van der Waals surface area (Å²) >= 11 is 0. The molecule has 0 saturated heterocycles. The molecule has 3 aromatic rings. The summed E-state index contributed by atoms with van der Waals surface area (Å²) in [7, 11) is 1.70. The van der Waals surface area contributed by atoms with Gasteiger partial charge in [0.25, 0.3) is 5.56 Å². The van der Waals surface area contributed by atoms with Crippen molar-refractivity contribution in [3.8, 4) is 5.75 Å². The molecule has 0 bridgehead atoms. The number of aryl methyl sites for hydroxylation is 1. The molecule has 6 heteroatoms. The van der Waals surface area contributed by atoms with Gasteiger partial charge in [0.05, 0.1) is 23.8 Å². The number of hydrogen-bond acceptors (Lipinski definition) is 4. The lowest BCUT2D eigenvalue weighted by atomic mass is 10.2. The Kier molecular flexibility index (Phi) is 5.31. The van der Waals surface area contributed by atoms with Gasteiger partial charge < -0.3 is 9.64 Å². The van der Waals surface area contributed by atoms with Gasteiger partial charge in [0.15, 0.2) is 0 Å². The molecule has 2 aromatic carbocycles. The predicted molar refractivity (Wildman–Crippen MR) is 100 cm³/mol. The molecule has 1 heterocycles. The van der Waals surface area contributed by atoms with E-state index in [4.69, 9.17) is 4.74 Å². The van der Waals surface area contributed by atoms with Gasteiger partial charge in [-0.15, -0.1) is 0 Å². The summed E-state index contributed by atoms with van der Waals surface area (Å²) < 4.78 is 7.13. The molecule has 0 unspecified atom stereocenters. The smallest absolute Gasteiger partial charge is 0.269 e. The van der Waals surface area contributed by atoms with Gasteiger partial charge in [0, 0.05) is 7.05 Å². The Labute approximate surface area is 151 Å². The number of benzene rings is 2. The number of likely N-dealkylation sites (N-methyl/N-ethyl adjacent to an activating group) is 1. The van der Waals surface area contributed by atoms with E-state index >= 15 is 0 Å². The number of amides is 1. The van der Waals surface area contributed by atoms with Crippen LogP contribution in [0.5, 0.6) is 5.75 Å². The summed E-state index contributed by atoms with van der Waals surface area (Å²) in [6, 6.07) is 15.0. The second-order valence-electron chi connectivity index (χ2n) is 6.15. The van der Waals surface area contributed by atoms with Crippen molar-refractivity contribution in [1.29, 1.82) is 0 Å². The molecule has 1 aromatic heterocycles. The van der Waals surface area contributed by atoms with Gasteiger partial charge in [0.2, 0.25) is 5.91 Å². The first-order valence-electron chi connectivity index (χ1n) is 8.42. The molecule has 0 aliphatic rings. The molecular formula is C20H21N3O3. The molecule has 6 nitrogen and oxygen atoms in total. The lowest BCUT2D eigenvalue weighted by molar-refractivity contribution is -0.130. The topological polar surface area (TPSA) is 64.4 Å². The van der Waals surface area contributed by atoms with Crippen LogP contribution in [0.3, 0.4) is 0 Å². The van der Waals surface area contributed by atoms with Crippen molar-refractivity contribution < 1.29 is 9.53 Å². The minimum atomic E-state index is -0.290. The van der Waals surface area contributed by atoms with E-state index in [2.05, 4.69) is 4.98 Å². The molecule has 0 atom stereocenters. The number of nitrogens with zero attached hydrogens (tertiary/aromatic N) is 3. The molecule has 0 N–H and O–H groups in total. The Morgan fingerprint density at radius 1 is 1.19 bits per heavy atom. The van der Waals surface area contributed by atoms with E-state index in [9.17, 15) is 9.59 Å². The van der Waals surface area contributed by atoms with Crippen LogP contribution in [0.2, 0.25) is 0 Å². The van der Waals surface area contributed by atoms with Gasteiger partial charge in [0.1, 0.15) is 18.9 Å². The molecule has 26 heavy (non-hydrogen) atoms. The lowest BCUT2D eigenvalue weighted by Crippen LogP contribution is -2.36. The largest absolute Gasteiger partial charge is 0.492 e. The van der Waals surface area contributed by atoms with Crippen molar-refractivity contribution in [3.05, 3.63) is 70.6 Å². The van der Waals surface area contributed by atoms with Crippen LogP contribution >= 0.6 is 0 Å². The van der Waals surface area contributed by atoms with Gasteiger partial charge in [-0.05, 0) is 36.8 Å². The Morgan fingerprint density at radius 3 is 2.81 bits per heavy atom. The Bertz CT molecular complexity index is 981. The van der Waals surface area contributed by atoms with Crippen LogP contribution in [0.4, 0.5) is 0 Å². The number of rotatable bonds is 6. The molecule has 1 amide bonds. The number of carbonyl (C=O) groups excluding carboxylic acids is 1. The van der Waals surface area contributed by atoms with E-state index in [1.165, 1.54) is 10.8 Å². The van der Waals surface area contributed by atoms with Crippen LogP contribution in [-0.4, -0.2) is 40.6 Å². The van der Waals surface area contributed by atoms with Gasteiger partial charge >= 0.3 is 0 Å². The highest BCUT2D eigenvalue weighted by Gasteiger charge is 2.13. The highest BCUT2D eigenvalue weighted by Crippen LogP contribution is 2.12. The number of aromatic nitrogens is 2. The molecule has 0 aliphatic carbocycles. The van der Waals surface area contributed by atoms with Gasteiger partial charge in [-0.1, -0.05) is 24.3 Å². The van der Waals surface area contributed by atoms with Crippen LogP contribution in [0.15, 0.2) is 59.5 Å². The van der Waals surface area contributed by atoms with Crippen molar-refractivity contribution in [2.24, 2.45) is 0 Å². The average Bonchev–Trinajstić information content (AvgIpc) is 2.64. The van der Waals surface area contributed by atoms with Crippen molar-refractivity contribution >= 4 is 16.9 Å². The van der Waals surface area contributed by atoms with Crippen LogP contribution < -0.4 is 10.3 Å². The third kappa shape index (κ3) is 4.08. The fourth-order valence-corrected chi connectivity index (χ4v) is 2.66. The van der Waals surface area contributed by atoms with Crippen molar-refractivity contribution in [2.45, 2.75) is 13.5 Å². The predicted octanol–water partition coefficient (Wildman–Crippen LogP) is 2.24. The number of para-hydroxylation sites is 2. The Morgan fingerprint density at radius 2 is 2.00 bits per heavy atom. The summed E-state index contributed by atoms with van der Waals surface area (Å²) in [6.07, 6.45) is 1.25. The van der Waals surface area contributed by atoms with Crippen LogP contribution in [0.25, 0.3) is 11.0 Å². The molecule has 0 radical (unpaired) electrons. The molecule has 0 fully saturated rings. The van der Waals surface area contributed by atoms with E-state index in [-0.39, 0.29) is 18.0 Å².